The Bertz CT molecular complexity index is 350. The van der Waals surface area contributed by atoms with Gasteiger partial charge in [-0.3, -0.25) is 0 Å². The molecular formula is C9H7BrF4O. The van der Waals surface area contributed by atoms with Crippen LogP contribution in [-0.2, 0) is 6.42 Å². The second-order valence-corrected chi connectivity index (χ2v) is 3.83. The van der Waals surface area contributed by atoms with E-state index in [-0.39, 0.29) is 10.0 Å². The molecule has 6 heteroatoms. The van der Waals surface area contributed by atoms with Gasteiger partial charge < -0.3 is 5.11 Å². The lowest BCUT2D eigenvalue weighted by molar-refractivity contribution is -0.203. The van der Waals surface area contributed by atoms with Crippen LogP contribution in [0.3, 0.4) is 0 Å². The van der Waals surface area contributed by atoms with Crippen LogP contribution in [0, 0.1) is 5.82 Å². The predicted molar refractivity (Wildman–Crippen MR) is 49.9 cm³/mol. The summed E-state index contributed by atoms with van der Waals surface area (Å²) in [6, 6.07) is 3.99. The van der Waals surface area contributed by atoms with E-state index in [1.54, 1.807) is 0 Å². The van der Waals surface area contributed by atoms with Crippen molar-refractivity contribution in [3.8, 4) is 0 Å². The molecule has 0 heterocycles. The van der Waals surface area contributed by atoms with E-state index in [0.717, 1.165) is 0 Å². The fraction of sp³-hybridized carbons (Fsp3) is 0.333. The second kappa shape index (κ2) is 4.49. The van der Waals surface area contributed by atoms with Crippen molar-refractivity contribution in [1.29, 1.82) is 0 Å². The third kappa shape index (κ3) is 3.17. The van der Waals surface area contributed by atoms with Crippen LogP contribution in [0.5, 0.6) is 0 Å². The highest BCUT2D eigenvalue weighted by atomic mass is 79.9. The number of aliphatic hydroxyl groups excluding tert-OH is 1. The lowest BCUT2D eigenvalue weighted by Gasteiger charge is -2.14. The summed E-state index contributed by atoms with van der Waals surface area (Å²) in [6.07, 6.45) is -8.05. The molecule has 1 nitrogen and oxygen atoms in total. The standard InChI is InChI=1S/C9H7BrF4O/c10-6-3-1-2-5(8(6)11)4-7(15)9(12,13)14/h1-3,7,15H,4H2. The first-order valence-electron chi connectivity index (χ1n) is 4.00. The van der Waals surface area contributed by atoms with Crippen LogP contribution in [0.4, 0.5) is 17.6 Å². The van der Waals surface area contributed by atoms with Gasteiger partial charge >= 0.3 is 6.18 Å². The van der Waals surface area contributed by atoms with Gasteiger partial charge in [0.2, 0.25) is 0 Å². The van der Waals surface area contributed by atoms with E-state index in [1.165, 1.54) is 18.2 Å². The Morgan fingerprint density at radius 1 is 1.33 bits per heavy atom. The van der Waals surface area contributed by atoms with Gasteiger partial charge in [0.25, 0.3) is 0 Å². The van der Waals surface area contributed by atoms with Gasteiger partial charge in [0.05, 0.1) is 4.47 Å². The van der Waals surface area contributed by atoms with Gasteiger partial charge in [0, 0.05) is 6.42 Å². The minimum atomic E-state index is -4.73. The first-order valence-corrected chi connectivity index (χ1v) is 4.79. The van der Waals surface area contributed by atoms with Crippen molar-refractivity contribution in [1.82, 2.24) is 0 Å². The van der Waals surface area contributed by atoms with Crippen LogP contribution in [0.25, 0.3) is 0 Å². The number of halogens is 5. The molecule has 0 radical (unpaired) electrons. The van der Waals surface area contributed by atoms with Crippen LogP contribution >= 0.6 is 15.9 Å². The molecule has 0 aliphatic carbocycles. The molecule has 0 fully saturated rings. The van der Waals surface area contributed by atoms with Crippen LogP contribution in [-0.4, -0.2) is 17.4 Å². The minimum absolute atomic E-state index is 0.0781. The predicted octanol–water partition coefficient (Wildman–Crippen LogP) is 3.05. The number of benzene rings is 1. The maximum absolute atomic E-state index is 13.2. The zero-order valence-corrected chi connectivity index (χ0v) is 8.94. The Morgan fingerprint density at radius 3 is 2.47 bits per heavy atom. The Labute approximate surface area is 91.9 Å². The maximum Gasteiger partial charge on any atom is 0.414 e. The highest BCUT2D eigenvalue weighted by Crippen LogP contribution is 2.26. The molecule has 1 aromatic carbocycles. The van der Waals surface area contributed by atoms with Gasteiger partial charge in [-0.2, -0.15) is 13.2 Å². The van der Waals surface area contributed by atoms with Gasteiger partial charge in [-0.1, -0.05) is 12.1 Å². The molecule has 1 atom stereocenters. The summed E-state index contributed by atoms with van der Waals surface area (Å²) in [5.74, 6) is -0.777. The molecule has 0 bridgehead atoms. The fourth-order valence-electron chi connectivity index (χ4n) is 1.03. The molecule has 0 aromatic heterocycles. The molecule has 0 amide bonds. The molecule has 0 saturated carbocycles. The zero-order chi connectivity index (χ0) is 11.6. The van der Waals surface area contributed by atoms with Crippen LogP contribution in [0.1, 0.15) is 5.56 Å². The van der Waals surface area contributed by atoms with Crippen molar-refractivity contribution in [2.24, 2.45) is 0 Å². The summed E-state index contributed by atoms with van der Waals surface area (Å²) in [6.45, 7) is 0. The number of hydrogen-bond acceptors (Lipinski definition) is 1. The third-order valence-corrected chi connectivity index (χ3v) is 2.44. The number of alkyl halides is 3. The van der Waals surface area contributed by atoms with Gasteiger partial charge in [0.1, 0.15) is 5.82 Å². The Kier molecular flexibility index (Phi) is 3.72. The monoisotopic (exact) mass is 286 g/mol. The molecule has 1 N–H and O–H groups in total. The average Bonchev–Trinajstić information content (AvgIpc) is 2.11. The fourth-order valence-corrected chi connectivity index (χ4v) is 1.44. The minimum Gasteiger partial charge on any atom is -0.383 e. The van der Waals surface area contributed by atoms with Gasteiger partial charge in [-0.05, 0) is 27.6 Å². The second-order valence-electron chi connectivity index (χ2n) is 2.97. The molecule has 84 valence electrons. The number of hydrogen-bond donors (Lipinski definition) is 1. The third-order valence-electron chi connectivity index (χ3n) is 1.82. The van der Waals surface area contributed by atoms with E-state index in [9.17, 15) is 17.6 Å². The van der Waals surface area contributed by atoms with E-state index in [0.29, 0.717) is 0 Å². The van der Waals surface area contributed by atoms with E-state index in [1.807, 2.05) is 0 Å². The summed E-state index contributed by atoms with van der Waals surface area (Å²) in [5, 5.41) is 8.75. The Hall–Kier alpha value is -0.620. The summed E-state index contributed by atoms with van der Waals surface area (Å²) in [5.41, 5.74) is -0.172. The van der Waals surface area contributed by atoms with E-state index in [2.05, 4.69) is 15.9 Å². The van der Waals surface area contributed by atoms with Crippen LogP contribution in [0.2, 0.25) is 0 Å². The molecular weight excluding hydrogens is 280 g/mol. The summed E-state index contributed by atoms with van der Waals surface area (Å²) >= 11 is 2.85. The smallest absolute Gasteiger partial charge is 0.383 e. The van der Waals surface area contributed by atoms with Crippen LogP contribution in [0.15, 0.2) is 22.7 Å². The van der Waals surface area contributed by atoms with Gasteiger partial charge in [-0.15, -0.1) is 0 Å². The number of aliphatic hydroxyl groups is 1. The SMILES string of the molecule is OC(Cc1cccc(Br)c1F)C(F)(F)F. The quantitative estimate of drug-likeness (QED) is 0.829. The molecule has 0 saturated heterocycles. The van der Waals surface area contributed by atoms with E-state index >= 15 is 0 Å². The lowest BCUT2D eigenvalue weighted by Crippen LogP contribution is -2.30. The molecule has 15 heavy (non-hydrogen) atoms. The van der Waals surface area contributed by atoms with Crippen molar-refractivity contribution in [2.75, 3.05) is 0 Å². The van der Waals surface area contributed by atoms with Crippen LogP contribution < -0.4 is 0 Å². The first kappa shape index (κ1) is 12.4. The zero-order valence-electron chi connectivity index (χ0n) is 7.35. The van der Waals surface area contributed by atoms with E-state index < -0.39 is 24.5 Å². The first-order chi connectivity index (χ1) is 6.82. The number of rotatable bonds is 2. The summed E-state index contributed by atoms with van der Waals surface area (Å²) in [4.78, 5) is 0. The highest BCUT2D eigenvalue weighted by Gasteiger charge is 2.38. The van der Waals surface area contributed by atoms with E-state index in [4.69, 9.17) is 5.11 Å². The largest absolute Gasteiger partial charge is 0.414 e. The molecule has 0 aliphatic heterocycles. The average molecular weight is 287 g/mol. The molecule has 1 rings (SSSR count). The van der Waals surface area contributed by atoms with Crippen molar-refractivity contribution in [3.63, 3.8) is 0 Å². The van der Waals surface area contributed by atoms with Gasteiger partial charge in [-0.25, -0.2) is 4.39 Å². The Morgan fingerprint density at radius 2 is 1.93 bits per heavy atom. The molecule has 0 aliphatic rings. The molecule has 0 spiro atoms. The van der Waals surface area contributed by atoms with Crippen molar-refractivity contribution in [2.45, 2.75) is 18.7 Å². The summed E-state index contributed by atoms with van der Waals surface area (Å²) < 4.78 is 49.3. The van der Waals surface area contributed by atoms with Crippen molar-refractivity contribution >= 4 is 15.9 Å². The normalized spacial score (nSPS) is 14.0. The highest BCUT2D eigenvalue weighted by molar-refractivity contribution is 9.10. The van der Waals surface area contributed by atoms with Gasteiger partial charge in [0.15, 0.2) is 6.10 Å². The lowest BCUT2D eigenvalue weighted by atomic mass is 10.1. The Balaban J connectivity index is 2.86. The molecule has 1 unspecified atom stereocenters. The van der Waals surface area contributed by atoms with Crippen molar-refractivity contribution in [3.05, 3.63) is 34.1 Å². The topological polar surface area (TPSA) is 20.2 Å². The van der Waals surface area contributed by atoms with Crippen molar-refractivity contribution < 1.29 is 22.7 Å². The maximum atomic E-state index is 13.2. The molecule has 1 aromatic rings. The summed E-state index contributed by atoms with van der Waals surface area (Å²) in [7, 11) is 0.